The van der Waals surface area contributed by atoms with E-state index in [1.54, 1.807) is 0 Å². The van der Waals surface area contributed by atoms with Gasteiger partial charge in [0.2, 0.25) is 5.91 Å². The van der Waals surface area contributed by atoms with Gasteiger partial charge in [-0.1, -0.05) is 11.6 Å². The molecule has 1 fully saturated rings. The van der Waals surface area contributed by atoms with Crippen molar-refractivity contribution < 1.29 is 4.79 Å². The smallest absolute Gasteiger partial charge is 0.237 e. The lowest BCUT2D eigenvalue weighted by atomic mass is 9.93. The van der Waals surface area contributed by atoms with Crippen LogP contribution in [0.3, 0.4) is 0 Å². The first-order chi connectivity index (χ1) is 9.83. The lowest BCUT2D eigenvalue weighted by Crippen LogP contribution is -2.53. The number of hydrogen-bond acceptors (Lipinski definition) is 3. The van der Waals surface area contributed by atoms with Gasteiger partial charge in [-0.25, -0.2) is 0 Å². The van der Waals surface area contributed by atoms with Gasteiger partial charge in [0.1, 0.15) is 0 Å². The van der Waals surface area contributed by atoms with E-state index < -0.39 is 5.54 Å². The molecule has 1 aromatic heterocycles. The second kappa shape index (κ2) is 6.36. The van der Waals surface area contributed by atoms with Crippen molar-refractivity contribution in [3.8, 4) is 0 Å². The molecule has 21 heavy (non-hydrogen) atoms. The van der Waals surface area contributed by atoms with Crippen LogP contribution in [0.25, 0.3) is 0 Å². The van der Waals surface area contributed by atoms with Crippen molar-refractivity contribution in [1.82, 2.24) is 15.1 Å². The molecule has 6 heteroatoms. The number of carbonyl (C=O) groups is 1. The highest BCUT2D eigenvalue weighted by Gasteiger charge is 2.36. The number of primary amides is 1. The average molecular weight is 313 g/mol. The Hall–Kier alpha value is -1.07. The molecule has 0 radical (unpaired) electrons. The predicted octanol–water partition coefficient (Wildman–Crippen LogP) is 2.32. The summed E-state index contributed by atoms with van der Waals surface area (Å²) in [6.45, 7) is 6.62. The molecular formula is C15H25ClN4O. The summed E-state index contributed by atoms with van der Waals surface area (Å²) in [5.41, 5.74) is 6.83. The minimum atomic E-state index is -0.589. The molecule has 0 aliphatic heterocycles. The quantitative estimate of drug-likeness (QED) is 0.724. The summed E-state index contributed by atoms with van der Waals surface area (Å²) >= 11 is 6.14. The van der Waals surface area contributed by atoms with E-state index in [4.69, 9.17) is 17.3 Å². The van der Waals surface area contributed by atoms with Crippen molar-refractivity contribution in [1.29, 1.82) is 0 Å². The van der Waals surface area contributed by atoms with E-state index in [9.17, 15) is 4.79 Å². The molecule has 1 unspecified atom stereocenters. The maximum Gasteiger partial charge on any atom is 0.237 e. The number of nitrogens with one attached hydrogen (secondary N) is 1. The van der Waals surface area contributed by atoms with Crippen molar-refractivity contribution in [2.75, 3.05) is 0 Å². The van der Waals surface area contributed by atoms with Crippen molar-refractivity contribution in [2.45, 2.75) is 71.0 Å². The topological polar surface area (TPSA) is 72.9 Å². The van der Waals surface area contributed by atoms with Crippen molar-refractivity contribution in [3.05, 3.63) is 16.4 Å². The summed E-state index contributed by atoms with van der Waals surface area (Å²) in [6.07, 6.45) is 4.93. The van der Waals surface area contributed by atoms with Crippen molar-refractivity contribution in [2.24, 2.45) is 5.73 Å². The standard InChI is InChI=1S/C15H25ClN4O/c1-10-13(16)11(2)20(19-10)9-5-4-8-15(3,14(17)21)18-12-6-7-12/h12,18H,4-9H2,1-3H3,(H2,17,21). The Balaban J connectivity index is 1.82. The largest absolute Gasteiger partial charge is 0.368 e. The lowest BCUT2D eigenvalue weighted by Gasteiger charge is -2.27. The van der Waals surface area contributed by atoms with Crippen LogP contribution in [-0.4, -0.2) is 27.3 Å². The fourth-order valence-corrected chi connectivity index (χ4v) is 2.71. The zero-order valence-corrected chi connectivity index (χ0v) is 13.8. The minimum absolute atomic E-state index is 0.261. The van der Waals surface area contributed by atoms with Gasteiger partial charge in [0.15, 0.2) is 0 Å². The molecule has 2 rings (SSSR count). The van der Waals surface area contributed by atoms with Gasteiger partial charge in [-0.3, -0.25) is 9.48 Å². The molecule has 1 aliphatic rings. The summed E-state index contributed by atoms with van der Waals surface area (Å²) in [6, 6.07) is 0.470. The van der Waals surface area contributed by atoms with Crippen LogP contribution in [0.5, 0.6) is 0 Å². The van der Waals surface area contributed by atoms with Gasteiger partial charge in [0.05, 0.1) is 21.9 Å². The van der Waals surface area contributed by atoms with E-state index in [-0.39, 0.29) is 5.91 Å². The molecule has 1 aromatic rings. The second-order valence-electron chi connectivity index (χ2n) is 6.28. The first-order valence-corrected chi connectivity index (χ1v) is 7.98. The van der Waals surface area contributed by atoms with Gasteiger partial charge in [0, 0.05) is 12.6 Å². The van der Waals surface area contributed by atoms with Gasteiger partial charge in [0.25, 0.3) is 0 Å². The summed E-state index contributed by atoms with van der Waals surface area (Å²) in [7, 11) is 0. The van der Waals surface area contributed by atoms with Crippen LogP contribution in [0.1, 0.15) is 50.4 Å². The molecule has 5 nitrogen and oxygen atoms in total. The van der Waals surface area contributed by atoms with Crippen molar-refractivity contribution >= 4 is 17.5 Å². The van der Waals surface area contributed by atoms with Crippen molar-refractivity contribution in [3.63, 3.8) is 0 Å². The van der Waals surface area contributed by atoms with E-state index in [0.29, 0.717) is 6.04 Å². The first-order valence-electron chi connectivity index (χ1n) is 7.60. The first kappa shape index (κ1) is 16.3. The summed E-state index contributed by atoms with van der Waals surface area (Å²) in [4.78, 5) is 11.7. The maximum atomic E-state index is 11.7. The Labute approximate surface area is 131 Å². The number of halogens is 1. The van der Waals surface area contributed by atoms with E-state index in [1.165, 1.54) is 0 Å². The fourth-order valence-electron chi connectivity index (χ4n) is 2.58. The van der Waals surface area contributed by atoms with Crippen LogP contribution in [0.15, 0.2) is 0 Å². The predicted molar refractivity (Wildman–Crippen MR) is 84.3 cm³/mol. The molecule has 1 heterocycles. The molecule has 0 bridgehead atoms. The number of aromatic nitrogens is 2. The average Bonchev–Trinajstić information content (AvgIpc) is 3.19. The Morgan fingerprint density at radius 3 is 2.62 bits per heavy atom. The SMILES string of the molecule is Cc1nn(CCCCC(C)(NC2CC2)C(N)=O)c(C)c1Cl. The summed E-state index contributed by atoms with van der Waals surface area (Å²) < 4.78 is 1.94. The van der Waals surface area contributed by atoms with Crippen LogP contribution in [0.4, 0.5) is 0 Å². The molecular weight excluding hydrogens is 288 g/mol. The normalized spacial score (nSPS) is 17.7. The Bertz CT molecular complexity index is 524. The molecule has 1 saturated carbocycles. The third-order valence-corrected chi connectivity index (χ3v) is 4.78. The van der Waals surface area contributed by atoms with E-state index in [1.807, 2.05) is 25.5 Å². The van der Waals surface area contributed by atoms with E-state index in [2.05, 4.69) is 10.4 Å². The Morgan fingerprint density at radius 1 is 1.48 bits per heavy atom. The van der Waals surface area contributed by atoms with Crippen LogP contribution >= 0.6 is 11.6 Å². The van der Waals surface area contributed by atoms with Gasteiger partial charge >= 0.3 is 0 Å². The molecule has 3 N–H and O–H groups in total. The number of amides is 1. The van der Waals surface area contributed by atoms with Crippen LogP contribution in [-0.2, 0) is 11.3 Å². The number of aryl methyl sites for hydroxylation is 2. The van der Waals surface area contributed by atoms with Gasteiger partial charge in [-0.2, -0.15) is 5.10 Å². The highest BCUT2D eigenvalue weighted by molar-refractivity contribution is 6.31. The molecule has 1 amide bonds. The number of carbonyl (C=O) groups excluding carboxylic acids is 1. The van der Waals surface area contributed by atoms with Gasteiger partial charge in [-0.15, -0.1) is 0 Å². The molecule has 0 aromatic carbocycles. The van der Waals surface area contributed by atoms with Crippen LogP contribution in [0, 0.1) is 13.8 Å². The Kier molecular flexibility index (Phi) is 4.94. The highest BCUT2D eigenvalue weighted by atomic mass is 35.5. The third kappa shape index (κ3) is 3.98. The maximum absolute atomic E-state index is 11.7. The summed E-state index contributed by atoms with van der Waals surface area (Å²) in [5.74, 6) is -0.261. The molecule has 1 aliphatic carbocycles. The molecule has 0 spiro atoms. The van der Waals surface area contributed by atoms with Gasteiger partial charge in [-0.05, 0) is 52.9 Å². The number of unbranched alkanes of at least 4 members (excludes halogenated alkanes) is 1. The highest BCUT2D eigenvalue weighted by Crippen LogP contribution is 2.25. The van der Waals surface area contributed by atoms with Gasteiger partial charge < -0.3 is 11.1 Å². The van der Waals surface area contributed by atoms with Crippen LogP contribution in [0.2, 0.25) is 5.02 Å². The molecule has 118 valence electrons. The van der Waals surface area contributed by atoms with E-state index in [0.717, 1.165) is 55.1 Å². The Morgan fingerprint density at radius 2 is 2.14 bits per heavy atom. The number of nitrogens with zero attached hydrogens (tertiary/aromatic N) is 2. The van der Waals surface area contributed by atoms with Crippen LogP contribution < -0.4 is 11.1 Å². The second-order valence-corrected chi connectivity index (χ2v) is 6.66. The number of rotatable bonds is 8. The zero-order valence-electron chi connectivity index (χ0n) is 13.1. The fraction of sp³-hybridized carbons (Fsp3) is 0.733. The van der Waals surface area contributed by atoms with E-state index >= 15 is 0 Å². The number of nitrogens with two attached hydrogens (primary N) is 1. The molecule has 1 atom stereocenters. The number of hydrogen-bond donors (Lipinski definition) is 2. The summed E-state index contributed by atoms with van der Waals surface area (Å²) in [5, 5.41) is 8.53. The third-order valence-electron chi connectivity index (χ3n) is 4.23. The molecule has 0 saturated heterocycles. The monoisotopic (exact) mass is 312 g/mol. The zero-order chi connectivity index (χ0) is 15.6. The lowest BCUT2D eigenvalue weighted by molar-refractivity contribution is -0.124. The minimum Gasteiger partial charge on any atom is -0.368 e.